The van der Waals surface area contributed by atoms with E-state index in [4.69, 9.17) is 9.15 Å². The fourth-order valence-electron chi connectivity index (χ4n) is 3.80. The second-order valence-corrected chi connectivity index (χ2v) is 12.7. The quantitative estimate of drug-likeness (QED) is 0.346. The maximum absolute atomic E-state index is 13.5. The Hall–Kier alpha value is -3.90. The van der Waals surface area contributed by atoms with Crippen molar-refractivity contribution in [1.29, 1.82) is 0 Å². The molecule has 0 aliphatic carbocycles. The monoisotopic (exact) mass is 560 g/mol. The minimum absolute atomic E-state index is 0.0157. The van der Waals surface area contributed by atoms with E-state index in [1.807, 2.05) is 0 Å². The summed E-state index contributed by atoms with van der Waals surface area (Å²) < 4.78 is 74.8. The molecular weight excluding hydrogens is 535 g/mol. The van der Waals surface area contributed by atoms with Gasteiger partial charge in [0.1, 0.15) is 29.5 Å². The lowest BCUT2D eigenvalue weighted by atomic mass is 10.0. The lowest BCUT2D eigenvalue weighted by Gasteiger charge is -2.20. The molecule has 38 heavy (non-hydrogen) atoms. The van der Waals surface area contributed by atoms with Crippen molar-refractivity contribution in [3.05, 3.63) is 77.6 Å². The number of hydrogen-bond donors (Lipinski definition) is 1. The summed E-state index contributed by atoms with van der Waals surface area (Å²) in [6.45, 7) is -0.0157. The molecule has 1 aromatic heterocycles. The highest BCUT2D eigenvalue weighted by molar-refractivity contribution is 7.92. The highest BCUT2D eigenvalue weighted by Crippen LogP contribution is 2.41. The lowest BCUT2D eigenvalue weighted by Crippen LogP contribution is -2.25. The molecule has 0 radical (unpaired) electrons. The van der Waals surface area contributed by atoms with Crippen LogP contribution in [0.4, 0.5) is 10.1 Å². The van der Waals surface area contributed by atoms with Crippen LogP contribution in [0.25, 0.3) is 22.3 Å². The molecule has 200 valence electrons. The van der Waals surface area contributed by atoms with E-state index in [1.165, 1.54) is 62.6 Å². The molecule has 4 rings (SSSR count). The zero-order chi connectivity index (χ0) is 27.8. The number of sulfonamides is 1. The van der Waals surface area contributed by atoms with Crippen LogP contribution in [0.3, 0.4) is 0 Å². The van der Waals surface area contributed by atoms with Crippen molar-refractivity contribution in [2.75, 3.05) is 30.9 Å². The number of carbonyl (C=O) groups is 1. The molecule has 0 bridgehead atoms. The van der Waals surface area contributed by atoms with E-state index in [0.29, 0.717) is 16.5 Å². The van der Waals surface area contributed by atoms with Crippen molar-refractivity contribution in [1.82, 2.24) is 5.32 Å². The number of halogens is 1. The molecule has 0 aliphatic rings. The molecule has 0 spiro atoms. The Bertz CT molecular complexity index is 1730. The molecule has 9 nitrogen and oxygen atoms in total. The third-order valence-electron chi connectivity index (χ3n) is 5.91. The topological polar surface area (TPSA) is 123 Å². The van der Waals surface area contributed by atoms with E-state index in [-0.39, 0.29) is 39.8 Å². The number of anilines is 1. The van der Waals surface area contributed by atoms with Gasteiger partial charge in [-0.25, -0.2) is 21.2 Å². The van der Waals surface area contributed by atoms with Gasteiger partial charge in [-0.1, -0.05) is 12.1 Å². The van der Waals surface area contributed by atoms with Gasteiger partial charge in [-0.05, 0) is 48.0 Å². The summed E-state index contributed by atoms with van der Waals surface area (Å²) in [5, 5.41) is 2.93. The van der Waals surface area contributed by atoms with E-state index >= 15 is 0 Å². The number of benzene rings is 3. The number of carbonyl (C=O) groups excluding carboxylic acids is 1. The van der Waals surface area contributed by atoms with Gasteiger partial charge in [0.2, 0.25) is 10.0 Å². The normalized spacial score (nSPS) is 11.9. The van der Waals surface area contributed by atoms with E-state index in [2.05, 4.69) is 5.32 Å². The van der Waals surface area contributed by atoms with Gasteiger partial charge in [0.05, 0.1) is 22.4 Å². The average Bonchev–Trinajstić information content (AvgIpc) is 3.23. The van der Waals surface area contributed by atoms with Crippen molar-refractivity contribution in [2.45, 2.75) is 11.5 Å². The Kier molecular flexibility index (Phi) is 7.22. The van der Waals surface area contributed by atoms with E-state index in [1.54, 1.807) is 12.1 Å². The molecule has 0 saturated carbocycles. The molecule has 4 aromatic rings. The number of ether oxygens (including phenoxy) is 1. The first-order chi connectivity index (χ1) is 17.8. The summed E-state index contributed by atoms with van der Waals surface area (Å²) >= 11 is 0. The maximum Gasteiger partial charge on any atom is 0.255 e. The van der Waals surface area contributed by atoms with Crippen molar-refractivity contribution < 1.29 is 35.2 Å². The zero-order valence-electron chi connectivity index (χ0n) is 21.0. The number of rotatable bonds is 8. The van der Waals surface area contributed by atoms with Crippen molar-refractivity contribution in [3.8, 4) is 17.1 Å². The third kappa shape index (κ3) is 5.50. The highest BCUT2D eigenvalue weighted by Gasteiger charge is 2.26. The molecule has 1 N–H and O–H groups in total. The minimum Gasteiger partial charge on any atom is -0.487 e. The van der Waals surface area contributed by atoms with Crippen LogP contribution in [-0.2, 0) is 26.5 Å². The van der Waals surface area contributed by atoms with Crippen LogP contribution < -0.4 is 14.4 Å². The number of furan rings is 1. The summed E-state index contributed by atoms with van der Waals surface area (Å²) in [5.74, 6) is -0.590. The summed E-state index contributed by atoms with van der Waals surface area (Å²) in [5.41, 5.74) is 1.64. The van der Waals surface area contributed by atoms with Crippen LogP contribution in [0.15, 0.2) is 70.0 Å². The van der Waals surface area contributed by atoms with Crippen molar-refractivity contribution in [3.63, 3.8) is 0 Å². The summed E-state index contributed by atoms with van der Waals surface area (Å²) in [6.07, 6.45) is 2.14. The first-order valence-electron chi connectivity index (χ1n) is 11.2. The van der Waals surface area contributed by atoms with Crippen LogP contribution >= 0.6 is 0 Å². The molecule has 1 heterocycles. The van der Waals surface area contributed by atoms with Gasteiger partial charge < -0.3 is 14.5 Å². The maximum atomic E-state index is 13.5. The predicted molar refractivity (Wildman–Crippen MR) is 142 cm³/mol. The molecule has 0 aliphatic heterocycles. The fraction of sp³-hybridized carbons (Fsp3) is 0.192. The van der Waals surface area contributed by atoms with Gasteiger partial charge in [-0.15, -0.1) is 0 Å². The summed E-state index contributed by atoms with van der Waals surface area (Å²) in [6, 6.07) is 14.5. The zero-order valence-corrected chi connectivity index (χ0v) is 22.6. The number of nitrogens with one attached hydrogen (secondary N) is 1. The van der Waals surface area contributed by atoms with Crippen LogP contribution in [0.2, 0.25) is 0 Å². The Balaban J connectivity index is 1.85. The molecule has 1 amide bonds. The molecule has 0 unspecified atom stereocenters. The fourth-order valence-corrected chi connectivity index (χ4v) is 4.93. The largest absolute Gasteiger partial charge is 0.487 e. The number of nitrogens with zero attached hydrogens (tertiary/aromatic N) is 1. The number of fused-ring (bicyclic) bond motifs is 1. The predicted octanol–water partition coefficient (Wildman–Crippen LogP) is 3.98. The van der Waals surface area contributed by atoms with Gasteiger partial charge in [-0.2, -0.15) is 0 Å². The SMILES string of the molecule is CNC(=O)c1c(-c2ccc(F)cc2)oc2cc(N(C)S(C)(=O)=O)c(OCc3ccc(S(C)(=O)=O)cc3)cc12. The summed E-state index contributed by atoms with van der Waals surface area (Å²) in [7, 11) is -4.26. The van der Waals surface area contributed by atoms with Crippen LogP contribution in [0, 0.1) is 5.82 Å². The van der Waals surface area contributed by atoms with Gasteiger partial charge in [0.25, 0.3) is 5.91 Å². The van der Waals surface area contributed by atoms with Gasteiger partial charge in [0.15, 0.2) is 9.84 Å². The van der Waals surface area contributed by atoms with Crippen LogP contribution in [0.5, 0.6) is 5.75 Å². The first kappa shape index (κ1) is 27.1. The van der Waals surface area contributed by atoms with E-state index < -0.39 is 31.6 Å². The van der Waals surface area contributed by atoms with E-state index in [0.717, 1.165) is 16.8 Å². The summed E-state index contributed by atoms with van der Waals surface area (Å²) in [4.78, 5) is 13.0. The smallest absolute Gasteiger partial charge is 0.255 e. The Morgan fingerprint density at radius 2 is 1.63 bits per heavy atom. The lowest BCUT2D eigenvalue weighted by molar-refractivity contribution is 0.0964. The molecule has 12 heteroatoms. The Morgan fingerprint density at radius 1 is 1.00 bits per heavy atom. The van der Waals surface area contributed by atoms with Crippen molar-refractivity contribution in [2.24, 2.45) is 0 Å². The highest BCUT2D eigenvalue weighted by atomic mass is 32.2. The van der Waals surface area contributed by atoms with E-state index in [9.17, 15) is 26.0 Å². The molecule has 3 aromatic carbocycles. The number of amides is 1. The Labute approximate surface area is 219 Å². The molecular formula is C26H25FN2O7S2. The molecule has 0 saturated heterocycles. The Morgan fingerprint density at radius 3 is 2.18 bits per heavy atom. The van der Waals surface area contributed by atoms with Crippen molar-refractivity contribution >= 4 is 42.4 Å². The molecule has 0 atom stereocenters. The van der Waals surface area contributed by atoms with Gasteiger partial charge >= 0.3 is 0 Å². The standard InChI is InChI=1S/C26H25FN2O7S2/c1-28-26(30)24-20-13-23(35-15-16-5-11-19(12-6-16)37(3,31)32)21(29(2)38(4,33)34)14-22(20)36-25(24)17-7-9-18(27)10-8-17/h5-14H,15H2,1-4H3,(H,28,30). The van der Waals surface area contributed by atoms with Gasteiger partial charge in [0, 0.05) is 37.4 Å². The van der Waals surface area contributed by atoms with Crippen LogP contribution in [0.1, 0.15) is 15.9 Å². The van der Waals surface area contributed by atoms with Crippen LogP contribution in [-0.4, -0.2) is 49.3 Å². The third-order valence-corrected chi connectivity index (χ3v) is 8.23. The number of hydrogen-bond acceptors (Lipinski definition) is 7. The first-order valence-corrected chi connectivity index (χ1v) is 15.0. The average molecular weight is 561 g/mol. The molecule has 0 fully saturated rings. The van der Waals surface area contributed by atoms with Gasteiger partial charge in [-0.3, -0.25) is 9.10 Å². The second-order valence-electron chi connectivity index (χ2n) is 8.64. The number of sulfone groups is 1. The second kappa shape index (κ2) is 10.1. The minimum atomic E-state index is -3.71.